The van der Waals surface area contributed by atoms with Crippen molar-refractivity contribution in [2.24, 2.45) is 0 Å². The normalized spacial score (nSPS) is 10.8. The first-order chi connectivity index (χ1) is 12.1. The van der Waals surface area contributed by atoms with E-state index in [2.05, 4.69) is 36.9 Å². The van der Waals surface area contributed by atoms with E-state index in [1.165, 1.54) is 15.3 Å². The van der Waals surface area contributed by atoms with E-state index in [-0.39, 0.29) is 0 Å². The lowest BCUT2D eigenvalue weighted by Gasteiger charge is -2.18. The third kappa shape index (κ3) is 3.94. The van der Waals surface area contributed by atoms with Crippen LogP contribution in [0.3, 0.4) is 0 Å². The summed E-state index contributed by atoms with van der Waals surface area (Å²) >= 11 is 3.46. The molecule has 0 saturated heterocycles. The van der Waals surface area contributed by atoms with E-state index in [9.17, 15) is 0 Å². The molecule has 6 heteroatoms. The number of aromatic nitrogens is 2. The molecule has 0 atom stereocenters. The first kappa shape index (κ1) is 17.7. The maximum absolute atomic E-state index is 8.89. The van der Waals surface area contributed by atoms with Crippen LogP contribution in [0.2, 0.25) is 0 Å². The van der Waals surface area contributed by atoms with Gasteiger partial charge in [0.1, 0.15) is 16.5 Å². The highest BCUT2D eigenvalue weighted by atomic mass is 32.2. The Bertz CT molecular complexity index is 913. The van der Waals surface area contributed by atoms with Crippen LogP contribution in [0, 0.1) is 25.2 Å². The third-order valence-corrected chi connectivity index (χ3v) is 6.20. The van der Waals surface area contributed by atoms with Gasteiger partial charge in [-0.1, -0.05) is 18.2 Å². The Hall–Kier alpha value is -2.10. The Kier molecular flexibility index (Phi) is 5.57. The number of fused-ring (bicyclic) bond motifs is 1. The lowest BCUT2D eigenvalue weighted by Crippen LogP contribution is -2.20. The number of benzene rings is 1. The van der Waals surface area contributed by atoms with Gasteiger partial charge in [-0.05, 0) is 31.5 Å². The first-order valence-corrected chi connectivity index (χ1v) is 9.93. The Morgan fingerprint density at radius 1 is 1.20 bits per heavy atom. The Labute approximate surface area is 156 Å². The van der Waals surface area contributed by atoms with Crippen molar-refractivity contribution in [1.29, 1.82) is 5.26 Å². The molecule has 3 rings (SSSR count). The maximum Gasteiger partial charge on any atom is 0.142 e. The Morgan fingerprint density at radius 3 is 2.68 bits per heavy atom. The number of thiophene rings is 1. The topological polar surface area (TPSA) is 52.8 Å². The molecule has 25 heavy (non-hydrogen) atoms. The second-order valence-electron chi connectivity index (χ2n) is 5.86. The summed E-state index contributed by atoms with van der Waals surface area (Å²) in [6, 6.07) is 12.5. The van der Waals surface area contributed by atoms with Gasteiger partial charge in [0.15, 0.2) is 0 Å². The molecule has 0 aliphatic carbocycles. The highest BCUT2D eigenvalue weighted by Gasteiger charge is 2.17. The predicted molar refractivity (Wildman–Crippen MR) is 106 cm³/mol. The molecule has 4 nitrogen and oxygen atoms in total. The second kappa shape index (κ2) is 7.85. The molecule has 0 N–H and O–H groups in total. The molecule has 0 aliphatic heterocycles. The number of hydrogen-bond donors (Lipinski definition) is 0. The zero-order chi connectivity index (χ0) is 17.8. The minimum Gasteiger partial charge on any atom is -0.358 e. The number of hydrogen-bond acceptors (Lipinski definition) is 6. The van der Waals surface area contributed by atoms with Crippen molar-refractivity contribution in [2.45, 2.75) is 30.9 Å². The van der Waals surface area contributed by atoms with Crippen LogP contribution in [0.25, 0.3) is 10.2 Å². The molecule has 3 aromatic rings. The van der Waals surface area contributed by atoms with E-state index in [0.717, 1.165) is 27.6 Å². The standard InChI is InChI=1S/C19H20N4S2/c1-13-14(2)25-19-17(13)18(23(3)11-7-10-20)21-16(22-19)12-24-15-8-5-4-6-9-15/h4-6,8-9H,7,11-12H2,1-3H3. The number of nitriles is 1. The summed E-state index contributed by atoms with van der Waals surface area (Å²) < 4.78 is 0. The highest BCUT2D eigenvalue weighted by Crippen LogP contribution is 2.35. The molecule has 0 radical (unpaired) electrons. The highest BCUT2D eigenvalue weighted by molar-refractivity contribution is 7.98. The lowest BCUT2D eigenvalue weighted by molar-refractivity contribution is 0.878. The van der Waals surface area contributed by atoms with E-state index < -0.39 is 0 Å². The van der Waals surface area contributed by atoms with E-state index in [0.29, 0.717) is 13.0 Å². The van der Waals surface area contributed by atoms with Crippen LogP contribution in [0.15, 0.2) is 35.2 Å². The molecule has 0 fully saturated rings. The Balaban J connectivity index is 1.95. The summed E-state index contributed by atoms with van der Waals surface area (Å²) in [7, 11) is 2.00. The number of anilines is 1. The molecule has 0 unspecified atom stereocenters. The number of nitrogens with zero attached hydrogens (tertiary/aromatic N) is 4. The zero-order valence-electron chi connectivity index (χ0n) is 14.6. The summed E-state index contributed by atoms with van der Waals surface area (Å²) in [5.74, 6) is 2.50. The van der Waals surface area contributed by atoms with Gasteiger partial charge < -0.3 is 4.90 Å². The van der Waals surface area contributed by atoms with Crippen LogP contribution in [-0.2, 0) is 5.75 Å². The van der Waals surface area contributed by atoms with Crippen molar-refractivity contribution in [3.05, 3.63) is 46.6 Å². The van der Waals surface area contributed by atoms with Crippen molar-refractivity contribution in [2.75, 3.05) is 18.5 Å². The minimum absolute atomic E-state index is 0.484. The summed E-state index contributed by atoms with van der Waals surface area (Å²) in [4.78, 5) is 15.2. The number of thioether (sulfide) groups is 1. The van der Waals surface area contributed by atoms with Crippen molar-refractivity contribution in [3.8, 4) is 6.07 Å². The number of aryl methyl sites for hydroxylation is 2. The average Bonchev–Trinajstić information content (AvgIpc) is 2.92. The van der Waals surface area contributed by atoms with Gasteiger partial charge in [-0.2, -0.15) is 5.26 Å². The second-order valence-corrected chi connectivity index (χ2v) is 8.11. The molecular weight excluding hydrogens is 348 g/mol. The van der Waals surface area contributed by atoms with Crippen LogP contribution in [0.5, 0.6) is 0 Å². The molecule has 0 aliphatic rings. The van der Waals surface area contributed by atoms with Crippen LogP contribution in [0.1, 0.15) is 22.7 Å². The monoisotopic (exact) mass is 368 g/mol. The molecular formula is C19H20N4S2. The maximum atomic E-state index is 8.89. The van der Waals surface area contributed by atoms with Crippen LogP contribution in [-0.4, -0.2) is 23.6 Å². The summed E-state index contributed by atoms with van der Waals surface area (Å²) in [5, 5.41) is 10.0. The van der Waals surface area contributed by atoms with Crippen LogP contribution in [0.4, 0.5) is 5.82 Å². The quantitative estimate of drug-likeness (QED) is 0.576. The van der Waals surface area contributed by atoms with Crippen molar-refractivity contribution < 1.29 is 0 Å². The lowest BCUT2D eigenvalue weighted by atomic mass is 10.2. The average molecular weight is 369 g/mol. The molecule has 2 heterocycles. The van der Waals surface area contributed by atoms with Gasteiger partial charge in [-0.25, -0.2) is 9.97 Å². The fraction of sp³-hybridized carbons (Fsp3) is 0.316. The fourth-order valence-electron chi connectivity index (χ4n) is 2.60. The van der Waals surface area contributed by atoms with E-state index >= 15 is 0 Å². The number of rotatable bonds is 6. The molecule has 0 amide bonds. The van der Waals surface area contributed by atoms with Gasteiger partial charge >= 0.3 is 0 Å². The van der Waals surface area contributed by atoms with Gasteiger partial charge in [0.05, 0.1) is 23.6 Å². The predicted octanol–water partition coefficient (Wildman–Crippen LogP) is 4.95. The molecule has 0 bridgehead atoms. The summed E-state index contributed by atoms with van der Waals surface area (Å²) in [5.41, 5.74) is 1.24. The summed E-state index contributed by atoms with van der Waals surface area (Å²) in [6.45, 7) is 4.92. The smallest absolute Gasteiger partial charge is 0.142 e. The molecule has 0 saturated carbocycles. The van der Waals surface area contributed by atoms with Crippen molar-refractivity contribution >= 4 is 39.1 Å². The van der Waals surface area contributed by atoms with Crippen molar-refractivity contribution in [3.63, 3.8) is 0 Å². The molecule has 0 spiro atoms. The Morgan fingerprint density at radius 2 is 1.96 bits per heavy atom. The van der Waals surface area contributed by atoms with Gasteiger partial charge in [-0.3, -0.25) is 0 Å². The molecule has 128 valence electrons. The van der Waals surface area contributed by atoms with Gasteiger partial charge in [0.2, 0.25) is 0 Å². The van der Waals surface area contributed by atoms with Gasteiger partial charge in [-0.15, -0.1) is 23.1 Å². The first-order valence-electron chi connectivity index (χ1n) is 8.12. The fourth-order valence-corrected chi connectivity index (χ4v) is 4.42. The molecule has 2 aromatic heterocycles. The van der Waals surface area contributed by atoms with Gasteiger partial charge in [0, 0.05) is 23.4 Å². The third-order valence-electron chi connectivity index (χ3n) is 4.09. The van der Waals surface area contributed by atoms with Crippen molar-refractivity contribution in [1.82, 2.24) is 9.97 Å². The van der Waals surface area contributed by atoms with Gasteiger partial charge in [0.25, 0.3) is 0 Å². The summed E-state index contributed by atoms with van der Waals surface area (Å²) in [6.07, 6.45) is 0.484. The largest absolute Gasteiger partial charge is 0.358 e. The van der Waals surface area contributed by atoms with Crippen LogP contribution >= 0.6 is 23.1 Å². The molecule has 1 aromatic carbocycles. The SMILES string of the molecule is Cc1sc2nc(CSc3ccccc3)nc(N(C)CCC#N)c2c1C. The van der Waals surface area contributed by atoms with E-state index in [4.69, 9.17) is 15.2 Å². The van der Waals surface area contributed by atoms with Crippen LogP contribution < -0.4 is 4.90 Å². The minimum atomic E-state index is 0.484. The van der Waals surface area contributed by atoms with E-state index in [1.807, 2.05) is 25.2 Å². The van der Waals surface area contributed by atoms with E-state index in [1.54, 1.807) is 23.1 Å². The zero-order valence-corrected chi connectivity index (χ0v) is 16.2.